The lowest BCUT2D eigenvalue weighted by Crippen LogP contribution is -2.22. The summed E-state index contributed by atoms with van der Waals surface area (Å²) in [5.41, 5.74) is 2.36. The quantitative estimate of drug-likeness (QED) is 0.928. The van der Waals surface area contributed by atoms with Crippen LogP contribution in [0.3, 0.4) is 0 Å². The molecule has 5 heteroatoms. The standard InChI is InChI=1S/C15H17N3O2/c1-10-4-2-5-11(8-10)9-13-16-14-12(15(19)20)6-3-7-18(14)17-13/h2,4-5,8,12H,3,6-7,9H2,1H3,(H,19,20). The van der Waals surface area contributed by atoms with Gasteiger partial charge in [-0.3, -0.25) is 4.79 Å². The molecule has 1 atom stereocenters. The van der Waals surface area contributed by atoms with Gasteiger partial charge in [-0.2, -0.15) is 5.10 Å². The van der Waals surface area contributed by atoms with E-state index in [0.717, 1.165) is 18.5 Å². The fourth-order valence-electron chi connectivity index (χ4n) is 2.71. The highest BCUT2D eigenvalue weighted by atomic mass is 16.4. The lowest BCUT2D eigenvalue weighted by molar-refractivity contribution is -0.139. The predicted molar refractivity (Wildman–Crippen MR) is 73.6 cm³/mol. The van der Waals surface area contributed by atoms with E-state index in [1.54, 1.807) is 4.68 Å². The SMILES string of the molecule is Cc1cccc(Cc2nc3n(n2)CCCC3C(=O)O)c1. The number of carboxylic acid groups (broad SMARTS) is 1. The Morgan fingerprint density at radius 1 is 1.50 bits per heavy atom. The topological polar surface area (TPSA) is 68.0 Å². The molecule has 1 N–H and O–H groups in total. The monoisotopic (exact) mass is 271 g/mol. The summed E-state index contributed by atoms with van der Waals surface area (Å²) in [6.45, 7) is 2.81. The Morgan fingerprint density at radius 2 is 2.35 bits per heavy atom. The molecule has 0 spiro atoms. The number of nitrogens with zero attached hydrogens (tertiary/aromatic N) is 3. The number of hydrogen-bond acceptors (Lipinski definition) is 3. The van der Waals surface area contributed by atoms with Gasteiger partial charge in [0.25, 0.3) is 0 Å². The first-order chi connectivity index (χ1) is 9.63. The molecule has 0 radical (unpaired) electrons. The number of rotatable bonds is 3. The molecule has 0 amide bonds. The van der Waals surface area contributed by atoms with Gasteiger partial charge in [0.2, 0.25) is 0 Å². The molecule has 0 saturated carbocycles. The first kappa shape index (κ1) is 12.8. The molecule has 0 saturated heterocycles. The summed E-state index contributed by atoms with van der Waals surface area (Å²) in [5, 5.41) is 13.7. The first-order valence-electron chi connectivity index (χ1n) is 6.85. The largest absolute Gasteiger partial charge is 0.481 e. The maximum Gasteiger partial charge on any atom is 0.314 e. The number of benzene rings is 1. The molecule has 1 unspecified atom stereocenters. The summed E-state index contributed by atoms with van der Waals surface area (Å²) in [6, 6.07) is 8.21. The highest BCUT2D eigenvalue weighted by Crippen LogP contribution is 2.26. The molecule has 0 aliphatic carbocycles. The van der Waals surface area contributed by atoms with Crippen molar-refractivity contribution >= 4 is 5.97 Å². The van der Waals surface area contributed by atoms with Crippen molar-refractivity contribution in [2.24, 2.45) is 0 Å². The van der Waals surface area contributed by atoms with Crippen molar-refractivity contribution in [2.45, 2.75) is 38.6 Å². The zero-order valence-corrected chi connectivity index (χ0v) is 11.4. The van der Waals surface area contributed by atoms with Crippen LogP contribution in [-0.4, -0.2) is 25.8 Å². The Kier molecular flexibility index (Phi) is 3.26. The fourth-order valence-corrected chi connectivity index (χ4v) is 2.71. The van der Waals surface area contributed by atoms with Crippen LogP contribution in [0.25, 0.3) is 0 Å². The molecular weight excluding hydrogens is 254 g/mol. The molecule has 3 rings (SSSR count). The number of hydrogen-bond donors (Lipinski definition) is 1. The van der Waals surface area contributed by atoms with Crippen LogP contribution in [0.2, 0.25) is 0 Å². The van der Waals surface area contributed by atoms with Gasteiger partial charge < -0.3 is 5.11 Å². The maximum atomic E-state index is 11.2. The van der Waals surface area contributed by atoms with E-state index >= 15 is 0 Å². The second-order valence-corrected chi connectivity index (χ2v) is 5.31. The van der Waals surface area contributed by atoms with E-state index in [0.29, 0.717) is 24.5 Å². The van der Waals surface area contributed by atoms with Crippen molar-refractivity contribution in [3.05, 3.63) is 47.0 Å². The Labute approximate surface area is 117 Å². The summed E-state index contributed by atoms with van der Waals surface area (Å²) in [5.74, 6) is -0.00637. The molecule has 2 heterocycles. The van der Waals surface area contributed by atoms with Crippen molar-refractivity contribution in [1.82, 2.24) is 14.8 Å². The minimum absolute atomic E-state index is 0.512. The second-order valence-electron chi connectivity index (χ2n) is 5.31. The number of carboxylic acids is 1. The van der Waals surface area contributed by atoms with Gasteiger partial charge in [-0.25, -0.2) is 9.67 Å². The fraction of sp³-hybridized carbons (Fsp3) is 0.400. The summed E-state index contributed by atoms with van der Waals surface area (Å²) in [4.78, 5) is 15.7. The molecule has 20 heavy (non-hydrogen) atoms. The zero-order chi connectivity index (χ0) is 14.1. The summed E-state index contributed by atoms with van der Waals surface area (Å²) < 4.78 is 1.76. The molecule has 0 fully saturated rings. The van der Waals surface area contributed by atoms with Gasteiger partial charge in [-0.15, -0.1) is 0 Å². The van der Waals surface area contributed by atoms with Crippen molar-refractivity contribution in [2.75, 3.05) is 0 Å². The molecule has 104 valence electrons. The third kappa shape index (κ3) is 2.43. The number of aryl methyl sites for hydroxylation is 2. The molecule has 0 bridgehead atoms. The maximum absolute atomic E-state index is 11.2. The van der Waals surface area contributed by atoms with Crippen LogP contribution in [0.5, 0.6) is 0 Å². The van der Waals surface area contributed by atoms with Crippen molar-refractivity contribution in [3.8, 4) is 0 Å². The lowest BCUT2D eigenvalue weighted by atomic mass is 10.00. The molecule has 1 aliphatic rings. The number of fused-ring (bicyclic) bond motifs is 1. The van der Waals surface area contributed by atoms with Crippen molar-refractivity contribution in [3.63, 3.8) is 0 Å². The Bertz CT molecular complexity index is 648. The predicted octanol–water partition coefficient (Wildman–Crippen LogP) is 2.14. The average molecular weight is 271 g/mol. The second kappa shape index (κ2) is 5.07. The number of aliphatic carboxylic acids is 1. The Morgan fingerprint density at radius 3 is 3.10 bits per heavy atom. The zero-order valence-electron chi connectivity index (χ0n) is 11.4. The minimum atomic E-state index is -0.805. The van der Waals surface area contributed by atoms with Crippen LogP contribution >= 0.6 is 0 Å². The number of aromatic nitrogens is 3. The molecular formula is C15H17N3O2. The van der Waals surface area contributed by atoms with Gasteiger partial charge in [-0.1, -0.05) is 29.8 Å². The van der Waals surface area contributed by atoms with E-state index in [1.807, 2.05) is 12.1 Å². The van der Waals surface area contributed by atoms with Crippen LogP contribution in [0.1, 0.15) is 41.5 Å². The van der Waals surface area contributed by atoms with Crippen molar-refractivity contribution in [1.29, 1.82) is 0 Å². The van der Waals surface area contributed by atoms with E-state index < -0.39 is 11.9 Å². The van der Waals surface area contributed by atoms with Crippen LogP contribution < -0.4 is 0 Å². The molecule has 1 aromatic heterocycles. The van der Waals surface area contributed by atoms with E-state index in [9.17, 15) is 9.90 Å². The molecule has 5 nitrogen and oxygen atoms in total. The van der Waals surface area contributed by atoms with Gasteiger partial charge in [-0.05, 0) is 25.3 Å². The summed E-state index contributed by atoms with van der Waals surface area (Å²) in [7, 11) is 0. The van der Waals surface area contributed by atoms with Gasteiger partial charge in [0.15, 0.2) is 5.82 Å². The Balaban J connectivity index is 1.87. The summed E-state index contributed by atoms with van der Waals surface area (Å²) in [6.07, 6.45) is 2.14. The van der Waals surface area contributed by atoms with Gasteiger partial charge >= 0.3 is 5.97 Å². The molecule has 1 aromatic carbocycles. The average Bonchev–Trinajstić information content (AvgIpc) is 2.80. The highest BCUT2D eigenvalue weighted by Gasteiger charge is 2.29. The van der Waals surface area contributed by atoms with Gasteiger partial charge in [0.05, 0.1) is 0 Å². The third-order valence-electron chi connectivity index (χ3n) is 3.66. The Hall–Kier alpha value is -2.17. The van der Waals surface area contributed by atoms with Crippen molar-refractivity contribution < 1.29 is 9.90 Å². The summed E-state index contributed by atoms with van der Waals surface area (Å²) >= 11 is 0. The van der Waals surface area contributed by atoms with Crippen LogP contribution in [0, 0.1) is 6.92 Å². The molecule has 1 aliphatic heterocycles. The van der Waals surface area contributed by atoms with Gasteiger partial charge in [0.1, 0.15) is 11.7 Å². The van der Waals surface area contributed by atoms with E-state index in [-0.39, 0.29) is 0 Å². The number of carbonyl (C=O) groups is 1. The van der Waals surface area contributed by atoms with Crippen LogP contribution in [0.15, 0.2) is 24.3 Å². The highest BCUT2D eigenvalue weighted by molar-refractivity contribution is 5.75. The third-order valence-corrected chi connectivity index (χ3v) is 3.66. The first-order valence-corrected chi connectivity index (χ1v) is 6.85. The van der Waals surface area contributed by atoms with Crippen LogP contribution in [0.4, 0.5) is 0 Å². The van der Waals surface area contributed by atoms with E-state index in [4.69, 9.17) is 0 Å². The van der Waals surface area contributed by atoms with Gasteiger partial charge in [0, 0.05) is 13.0 Å². The smallest absolute Gasteiger partial charge is 0.314 e. The minimum Gasteiger partial charge on any atom is -0.481 e. The van der Waals surface area contributed by atoms with E-state index in [2.05, 4.69) is 29.1 Å². The normalized spacial score (nSPS) is 17.8. The lowest BCUT2D eigenvalue weighted by Gasteiger charge is -2.17. The molecule has 2 aromatic rings. The van der Waals surface area contributed by atoms with Crippen LogP contribution in [-0.2, 0) is 17.8 Å². The van der Waals surface area contributed by atoms with E-state index in [1.165, 1.54) is 5.56 Å².